The summed E-state index contributed by atoms with van der Waals surface area (Å²) in [5.74, 6) is -7.88. The molecule has 1 aliphatic carbocycles. The number of ketones is 3. The fourth-order valence-corrected chi connectivity index (χ4v) is 13.6. The molecule has 0 aromatic heterocycles. The van der Waals surface area contributed by atoms with E-state index in [1.54, 1.807) is 47.7 Å². The first kappa shape index (κ1) is 57.8. The van der Waals surface area contributed by atoms with Gasteiger partial charge in [0, 0.05) is 63.7 Å². The average Bonchev–Trinajstić information content (AvgIpc) is 3.30. The van der Waals surface area contributed by atoms with E-state index >= 15 is 0 Å². The van der Waals surface area contributed by atoms with Gasteiger partial charge in [-0.05, 0) is 114 Å². The number of esters is 1. The number of piperidine rings is 1. The molecule has 3 aliphatic heterocycles. The zero-order chi connectivity index (χ0) is 50.5. The molecule has 4 rings (SSSR count). The van der Waals surface area contributed by atoms with Gasteiger partial charge in [-0.2, -0.15) is 0 Å². The van der Waals surface area contributed by atoms with Gasteiger partial charge in [-0.3, -0.25) is 19.2 Å². The van der Waals surface area contributed by atoms with Crippen LogP contribution in [0.4, 0.5) is 0 Å². The number of ether oxygens (including phenoxy) is 5. The molecule has 4 unspecified atom stereocenters. The second-order valence-electron chi connectivity index (χ2n) is 20.2. The van der Waals surface area contributed by atoms with Gasteiger partial charge < -0.3 is 43.4 Å². The van der Waals surface area contributed by atoms with E-state index in [2.05, 4.69) is 0 Å². The van der Waals surface area contributed by atoms with Gasteiger partial charge in [-0.25, -0.2) is 4.79 Å². The predicted molar refractivity (Wildman–Crippen MR) is 265 cm³/mol. The van der Waals surface area contributed by atoms with Crippen LogP contribution in [0, 0.1) is 35.5 Å². The van der Waals surface area contributed by atoms with Crippen LogP contribution in [0.3, 0.4) is 0 Å². The summed E-state index contributed by atoms with van der Waals surface area (Å²) in [6, 6.07) is -1.14. The molecule has 14 nitrogen and oxygen atoms in total. The number of allylic oxidation sites excluding steroid dienone is 6. The number of carbonyl (C=O) groups is 5. The molecule has 2 bridgehead atoms. The Bertz CT molecular complexity index is 1890. The summed E-state index contributed by atoms with van der Waals surface area (Å²) in [6.07, 6.45) is 12.6. The highest BCUT2D eigenvalue weighted by Gasteiger charge is 2.53. The Balaban J connectivity index is 1.70. The summed E-state index contributed by atoms with van der Waals surface area (Å²) < 4.78 is 42.0. The molecular weight excluding hydrogens is 910 g/mol. The van der Waals surface area contributed by atoms with E-state index in [0.717, 1.165) is 18.4 Å². The highest BCUT2D eigenvalue weighted by Crippen LogP contribution is 2.46. The van der Waals surface area contributed by atoms with Gasteiger partial charge in [0.05, 0.1) is 18.3 Å². The van der Waals surface area contributed by atoms with Crippen molar-refractivity contribution in [1.29, 1.82) is 0 Å². The molecule has 2 saturated heterocycles. The molecular formula is C52H82NO13PS. The maximum absolute atomic E-state index is 14.5. The zero-order valence-corrected chi connectivity index (χ0v) is 44.3. The number of cyclic esters (lactones) is 1. The Hall–Kier alpha value is -2.75. The van der Waals surface area contributed by atoms with Crippen molar-refractivity contribution in [3.63, 3.8) is 0 Å². The summed E-state index contributed by atoms with van der Waals surface area (Å²) in [4.78, 5) is 72.2. The molecule has 4 aliphatic rings. The number of hydrogen-bond acceptors (Lipinski definition) is 14. The van der Waals surface area contributed by atoms with Crippen molar-refractivity contribution >= 4 is 47.6 Å². The molecule has 3 fully saturated rings. The SMILES string of the molecule is CO[C@H]1CC2CC[C@@H](C)[C@@](O)(O2)C(=O)C(=O)N2CCCCC2C(=O)O[C@H]([C@H](C)C[C@@H]2CCC(S[PH](C)=O)[C@H](OC)C2)CC(=O)[C@H](C)/C=C(\C)[C@@H](O)[C@@H](OC)C(=O)[C@H](C)C[C@H](C)/C=C/C=C/C=C/1C. The number of rotatable bonds is 8. The lowest BCUT2D eigenvalue weighted by molar-refractivity contribution is -0.265. The Morgan fingerprint density at radius 3 is 2.28 bits per heavy atom. The Kier molecular flexibility index (Phi) is 23.1. The van der Waals surface area contributed by atoms with E-state index in [1.165, 1.54) is 23.4 Å². The number of nitrogens with zero attached hydrogens (tertiary/aromatic N) is 1. The van der Waals surface area contributed by atoms with Crippen LogP contribution in [0.5, 0.6) is 0 Å². The average molecular weight is 992 g/mol. The van der Waals surface area contributed by atoms with E-state index < -0.39 is 84.8 Å². The fourth-order valence-electron chi connectivity index (χ4n) is 10.4. The molecule has 68 heavy (non-hydrogen) atoms. The molecule has 0 aromatic rings. The van der Waals surface area contributed by atoms with Gasteiger partial charge in [0.2, 0.25) is 5.79 Å². The number of fused-ring (bicyclic) bond motifs is 3. The second-order valence-corrected chi connectivity index (χ2v) is 24.4. The summed E-state index contributed by atoms with van der Waals surface area (Å²) in [5.41, 5.74) is 1.27. The number of Topliss-reactive ketones (excluding diaryl/α,β-unsaturated/α-hetero) is 3. The standard InChI is InChI=1S/C52H82NO13PS/c1-31-17-13-12-14-18-32(2)42(62-8)29-39-22-20-37(7)52(60,66-39)49(57)50(58)53-24-16-15-19-40(53)51(59)65-43(34(4)27-38-21-23-45(68-67(11)61)44(28-38)63-9)30-41(54)33(3)26-36(6)47(56)48(64-10)46(55)35(5)25-31/h12-14,17-18,26,31,33-35,37-40,42-45,47-48,56,60,67H,15-16,19-25,27-30H2,1-11H3/b14-12+,17-13+,32-18+,36-26+/t31-,33-,34-,35-,37-,38+,39?,40?,42+,43+,44-,45?,47-,48+,52-/m1/s1. The quantitative estimate of drug-likeness (QED) is 0.103. The Morgan fingerprint density at radius 1 is 0.897 bits per heavy atom. The number of aliphatic hydroxyl groups is 2. The summed E-state index contributed by atoms with van der Waals surface area (Å²) >= 11 is 1.47. The lowest BCUT2D eigenvalue weighted by Crippen LogP contribution is -2.61. The van der Waals surface area contributed by atoms with E-state index in [4.69, 9.17) is 23.7 Å². The third-order valence-corrected chi connectivity index (χ3v) is 17.8. The van der Waals surface area contributed by atoms with Crippen LogP contribution in [-0.2, 0) is 52.2 Å². The number of hydrogen-bond donors (Lipinski definition) is 2. The largest absolute Gasteiger partial charge is 0.460 e. The van der Waals surface area contributed by atoms with Crippen molar-refractivity contribution in [3.8, 4) is 0 Å². The highest BCUT2D eigenvalue weighted by molar-refractivity contribution is 8.51. The van der Waals surface area contributed by atoms with E-state index in [0.29, 0.717) is 56.9 Å². The van der Waals surface area contributed by atoms with Crippen LogP contribution < -0.4 is 0 Å². The van der Waals surface area contributed by atoms with Gasteiger partial charge in [0.1, 0.15) is 37.1 Å². The van der Waals surface area contributed by atoms with Crippen molar-refractivity contribution in [1.82, 2.24) is 4.90 Å². The highest BCUT2D eigenvalue weighted by atomic mass is 32.7. The number of amides is 1. The van der Waals surface area contributed by atoms with Crippen LogP contribution in [-0.4, -0.2) is 133 Å². The van der Waals surface area contributed by atoms with Crippen molar-refractivity contribution in [2.75, 3.05) is 34.5 Å². The van der Waals surface area contributed by atoms with Gasteiger partial charge in [0.15, 0.2) is 5.78 Å². The van der Waals surface area contributed by atoms with Crippen LogP contribution in [0.2, 0.25) is 0 Å². The summed E-state index contributed by atoms with van der Waals surface area (Å²) in [7, 11) is 2.84. The van der Waals surface area contributed by atoms with Crippen LogP contribution >= 0.6 is 18.4 Å². The number of aliphatic hydroxyl groups excluding tert-OH is 1. The van der Waals surface area contributed by atoms with Crippen LogP contribution in [0.1, 0.15) is 126 Å². The topological polar surface area (TPSA) is 192 Å². The lowest BCUT2D eigenvalue weighted by atomic mass is 9.79. The Labute approximate surface area is 410 Å². The minimum atomic E-state index is -2.43. The van der Waals surface area contributed by atoms with Crippen LogP contribution in [0.15, 0.2) is 47.6 Å². The minimum Gasteiger partial charge on any atom is -0.460 e. The summed E-state index contributed by atoms with van der Waals surface area (Å²) in [6.45, 7) is 14.5. The summed E-state index contributed by atoms with van der Waals surface area (Å²) in [5, 5.41) is 23.6. The Morgan fingerprint density at radius 2 is 1.62 bits per heavy atom. The van der Waals surface area contributed by atoms with E-state index in [9.17, 15) is 38.8 Å². The van der Waals surface area contributed by atoms with Gasteiger partial charge in [-0.15, -0.1) is 0 Å². The molecule has 0 aromatic carbocycles. The lowest BCUT2D eigenvalue weighted by Gasteiger charge is -2.42. The predicted octanol–water partition coefficient (Wildman–Crippen LogP) is 8.03. The van der Waals surface area contributed by atoms with E-state index in [-0.39, 0.29) is 60.1 Å². The van der Waals surface area contributed by atoms with Crippen molar-refractivity contribution in [2.24, 2.45) is 35.5 Å². The second kappa shape index (κ2) is 27.2. The maximum Gasteiger partial charge on any atom is 0.329 e. The molecule has 3 heterocycles. The monoisotopic (exact) mass is 992 g/mol. The van der Waals surface area contributed by atoms with Crippen molar-refractivity contribution < 1.29 is 62.4 Å². The molecule has 16 heteroatoms. The maximum atomic E-state index is 14.5. The van der Waals surface area contributed by atoms with Crippen molar-refractivity contribution in [3.05, 3.63) is 47.6 Å². The molecule has 2 N–H and O–H groups in total. The fraction of sp³-hybridized carbons (Fsp3) is 0.750. The van der Waals surface area contributed by atoms with Gasteiger partial charge in [-0.1, -0.05) is 82.5 Å². The number of carbonyl (C=O) groups excluding carboxylic acids is 5. The minimum absolute atomic E-state index is 0.0175. The van der Waals surface area contributed by atoms with Gasteiger partial charge in [0.25, 0.3) is 11.7 Å². The first-order valence-corrected chi connectivity index (χ1v) is 28.3. The van der Waals surface area contributed by atoms with Crippen molar-refractivity contribution in [2.45, 2.75) is 179 Å². The molecule has 0 spiro atoms. The molecule has 1 amide bonds. The normalized spacial score (nSPS) is 39.6. The number of methoxy groups -OCH3 is 3. The molecule has 384 valence electrons. The van der Waals surface area contributed by atoms with Crippen LogP contribution in [0.25, 0.3) is 0 Å². The molecule has 0 radical (unpaired) electrons. The first-order valence-electron chi connectivity index (χ1n) is 24.8. The zero-order valence-electron chi connectivity index (χ0n) is 42.5. The smallest absolute Gasteiger partial charge is 0.329 e. The molecule has 1 saturated carbocycles. The first-order chi connectivity index (χ1) is 32.1. The van der Waals surface area contributed by atoms with E-state index in [1.807, 2.05) is 58.1 Å². The third-order valence-electron chi connectivity index (χ3n) is 14.8. The molecule has 16 atom stereocenters. The van der Waals surface area contributed by atoms with Gasteiger partial charge >= 0.3 is 5.97 Å². The third kappa shape index (κ3) is 15.6.